The monoisotopic (exact) mass is 417 g/mol. The molecule has 0 aliphatic rings. The zero-order valence-corrected chi connectivity index (χ0v) is 18.5. The van der Waals surface area contributed by atoms with Gasteiger partial charge in [0.25, 0.3) is 0 Å². The third kappa shape index (κ3) is 4.38. The van der Waals surface area contributed by atoms with E-state index in [0.717, 1.165) is 60.0 Å². The summed E-state index contributed by atoms with van der Waals surface area (Å²) in [4.78, 5) is 9.23. The average molecular weight is 418 g/mol. The molecular formula is C21H31N5O2S. The molecule has 0 bridgehead atoms. The van der Waals surface area contributed by atoms with Gasteiger partial charge in [0.15, 0.2) is 5.82 Å². The first-order valence-electron chi connectivity index (χ1n) is 10.2. The molecule has 2 aromatic heterocycles. The number of aryl methyl sites for hydroxylation is 2. The molecule has 0 aliphatic heterocycles. The summed E-state index contributed by atoms with van der Waals surface area (Å²) in [6.07, 6.45) is 3.47. The predicted molar refractivity (Wildman–Crippen MR) is 119 cm³/mol. The van der Waals surface area contributed by atoms with Crippen molar-refractivity contribution in [2.75, 3.05) is 12.3 Å². The summed E-state index contributed by atoms with van der Waals surface area (Å²) in [5, 5.41) is 1.06. The molecule has 29 heavy (non-hydrogen) atoms. The van der Waals surface area contributed by atoms with Crippen molar-refractivity contribution in [2.24, 2.45) is 0 Å². The number of fused-ring (bicyclic) bond motifs is 3. The van der Waals surface area contributed by atoms with Crippen molar-refractivity contribution in [3.63, 3.8) is 0 Å². The molecule has 8 heteroatoms. The van der Waals surface area contributed by atoms with Crippen molar-refractivity contribution >= 4 is 37.8 Å². The van der Waals surface area contributed by atoms with Crippen LogP contribution in [0.2, 0.25) is 0 Å². The van der Waals surface area contributed by atoms with Crippen LogP contribution in [0.3, 0.4) is 0 Å². The number of sulfonamides is 1. The van der Waals surface area contributed by atoms with Gasteiger partial charge in [0.1, 0.15) is 11.3 Å². The standard InChI is InChI=1S/C21H31N5O2S/c1-5-17-25-18-19(15-11-7-8-12-16(15)24-20(18)22)26(17)14-10-6-9-13-23-29(27,28)21(2,3)4/h7-8,11-12,23H,5-6,9-10,13-14H2,1-4H3,(H2,22,24). The molecule has 158 valence electrons. The Balaban J connectivity index is 1.72. The Morgan fingerprint density at radius 2 is 1.83 bits per heavy atom. The number of hydrogen-bond donors (Lipinski definition) is 2. The minimum Gasteiger partial charge on any atom is -0.382 e. The third-order valence-electron chi connectivity index (χ3n) is 5.16. The zero-order valence-electron chi connectivity index (χ0n) is 17.7. The molecule has 0 fully saturated rings. The SMILES string of the molecule is CCc1nc2c(N)nc3ccccc3c2n1CCCCCNS(=O)(=O)C(C)(C)C. The molecule has 0 unspecified atom stereocenters. The van der Waals surface area contributed by atoms with Crippen molar-refractivity contribution in [1.29, 1.82) is 0 Å². The number of rotatable bonds is 8. The first-order chi connectivity index (χ1) is 13.7. The molecule has 7 nitrogen and oxygen atoms in total. The molecule has 3 aromatic rings. The van der Waals surface area contributed by atoms with E-state index >= 15 is 0 Å². The van der Waals surface area contributed by atoms with Gasteiger partial charge in [-0.2, -0.15) is 0 Å². The van der Waals surface area contributed by atoms with Gasteiger partial charge < -0.3 is 10.3 Å². The largest absolute Gasteiger partial charge is 0.382 e. The van der Waals surface area contributed by atoms with Crippen LogP contribution in [0.1, 0.15) is 52.8 Å². The van der Waals surface area contributed by atoms with Crippen molar-refractivity contribution in [3.05, 3.63) is 30.1 Å². The lowest BCUT2D eigenvalue weighted by Gasteiger charge is -2.19. The third-order valence-corrected chi connectivity index (χ3v) is 7.36. The highest BCUT2D eigenvalue weighted by Crippen LogP contribution is 2.29. The first kappa shape index (κ1) is 21.5. The number of anilines is 1. The van der Waals surface area contributed by atoms with Crippen LogP contribution in [0, 0.1) is 0 Å². The number of benzene rings is 1. The van der Waals surface area contributed by atoms with Crippen molar-refractivity contribution in [1.82, 2.24) is 19.3 Å². The maximum atomic E-state index is 12.1. The van der Waals surface area contributed by atoms with Crippen LogP contribution >= 0.6 is 0 Å². The number of nitrogen functional groups attached to an aromatic ring is 1. The molecule has 0 saturated carbocycles. The van der Waals surface area contributed by atoms with Crippen molar-refractivity contribution in [2.45, 2.75) is 64.7 Å². The summed E-state index contributed by atoms with van der Waals surface area (Å²) < 4.78 is 28.4. The topological polar surface area (TPSA) is 103 Å². The van der Waals surface area contributed by atoms with Gasteiger partial charge in [-0.1, -0.05) is 31.5 Å². The average Bonchev–Trinajstić information content (AvgIpc) is 3.03. The predicted octanol–water partition coefficient (Wildman–Crippen LogP) is 3.62. The number of aromatic nitrogens is 3. The molecule has 0 saturated heterocycles. The van der Waals surface area contributed by atoms with E-state index in [-0.39, 0.29) is 0 Å². The molecular weight excluding hydrogens is 386 g/mol. The Morgan fingerprint density at radius 1 is 1.10 bits per heavy atom. The lowest BCUT2D eigenvalue weighted by atomic mass is 10.1. The minimum absolute atomic E-state index is 0.462. The Labute approximate surface area is 172 Å². The highest BCUT2D eigenvalue weighted by Gasteiger charge is 2.27. The van der Waals surface area contributed by atoms with Gasteiger partial charge >= 0.3 is 0 Å². The summed E-state index contributed by atoms with van der Waals surface area (Å²) >= 11 is 0. The fourth-order valence-electron chi connectivity index (χ4n) is 3.41. The molecule has 3 N–H and O–H groups in total. The molecule has 0 amide bonds. The van der Waals surface area contributed by atoms with E-state index in [4.69, 9.17) is 10.7 Å². The van der Waals surface area contributed by atoms with Gasteiger partial charge in [-0.3, -0.25) is 0 Å². The highest BCUT2D eigenvalue weighted by atomic mass is 32.2. The maximum absolute atomic E-state index is 12.1. The number of imidazole rings is 1. The summed E-state index contributed by atoms with van der Waals surface area (Å²) in [5.74, 6) is 1.46. The smallest absolute Gasteiger partial charge is 0.216 e. The lowest BCUT2D eigenvalue weighted by molar-refractivity contribution is 0.535. The number of pyridine rings is 1. The van der Waals surface area contributed by atoms with E-state index in [9.17, 15) is 8.42 Å². The van der Waals surface area contributed by atoms with Crippen LogP contribution in [0.25, 0.3) is 21.9 Å². The lowest BCUT2D eigenvalue weighted by Crippen LogP contribution is -2.39. The number of nitrogens with zero attached hydrogens (tertiary/aromatic N) is 3. The minimum atomic E-state index is -3.28. The van der Waals surface area contributed by atoms with E-state index in [1.165, 1.54) is 0 Å². The van der Waals surface area contributed by atoms with Gasteiger partial charge in [0.05, 0.1) is 15.8 Å². The number of para-hydroxylation sites is 1. The Hall–Kier alpha value is -2.19. The van der Waals surface area contributed by atoms with Crippen LogP contribution in [0.4, 0.5) is 5.82 Å². The van der Waals surface area contributed by atoms with E-state index < -0.39 is 14.8 Å². The zero-order chi connectivity index (χ0) is 21.2. The van der Waals surface area contributed by atoms with Gasteiger partial charge in [-0.05, 0) is 39.7 Å². The summed E-state index contributed by atoms with van der Waals surface area (Å²) in [6.45, 7) is 8.48. The highest BCUT2D eigenvalue weighted by molar-refractivity contribution is 7.90. The number of nitrogens with one attached hydrogen (secondary N) is 1. The van der Waals surface area contributed by atoms with Gasteiger partial charge in [-0.15, -0.1) is 0 Å². The second-order valence-electron chi connectivity index (χ2n) is 8.32. The van der Waals surface area contributed by atoms with Crippen LogP contribution in [0.15, 0.2) is 24.3 Å². The van der Waals surface area contributed by atoms with Gasteiger partial charge in [0.2, 0.25) is 10.0 Å². The van der Waals surface area contributed by atoms with Crippen LogP contribution < -0.4 is 10.5 Å². The Bertz CT molecular complexity index is 1110. The fraction of sp³-hybridized carbons (Fsp3) is 0.524. The van der Waals surface area contributed by atoms with E-state index in [0.29, 0.717) is 12.4 Å². The van der Waals surface area contributed by atoms with Crippen LogP contribution in [0.5, 0.6) is 0 Å². The van der Waals surface area contributed by atoms with Crippen LogP contribution in [-0.2, 0) is 23.0 Å². The second kappa shape index (κ2) is 8.28. The summed E-state index contributed by atoms with van der Waals surface area (Å²) in [6, 6.07) is 7.99. The Morgan fingerprint density at radius 3 is 2.52 bits per heavy atom. The molecule has 3 rings (SSSR count). The molecule has 1 aromatic carbocycles. The number of unbranched alkanes of at least 4 members (excludes halogenated alkanes) is 2. The van der Waals surface area contributed by atoms with Gasteiger partial charge in [-0.25, -0.2) is 23.1 Å². The number of hydrogen-bond acceptors (Lipinski definition) is 5. The van der Waals surface area contributed by atoms with Crippen LogP contribution in [-0.4, -0.2) is 34.2 Å². The normalized spacial score (nSPS) is 12.8. The van der Waals surface area contributed by atoms with Crippen molar-refractivity contribution < 1.29 is 8.42 Å². The summed E-state index contributed by atoms with van der Waals surface area (Å²) in [5.41, 5.74) is 8.85. The van der Waals surface area contributed by atoms with E-state index in [1.54, 1.807) is 20.8 Å². The molecule has 2 heterocycles. The van der Waals surface area contributed by atoms with E-state index in [1.807, 2.05) is 18.2 Å². The molecule has 0 spiro atoms. The van der Waals surface area contributed by atoms with E-state index in [2.05, 4.69) is 27.3 Å². The quantitative estimate of drug-likeness (QED) is 0.545. The second-order valence-corrected chi connectivity index (χ2v) is 10.8. The molecule has 0 aliphatic carbocycles. The fourth-order valence-corrected chi connectivity index (χ4v) is 4.26. The molecule has 0 atom stereocenters. The molecule has 0 radical (unpaired) electrons. The summed E-state index contributed by atoms with van der Waals surface area (Å²) in [7, 11) is -3.28. The van der Waals surface area contributed by atoms with Gasteiger partial charge in [0, 0.05) is 24.9 Å². The maximum Gasteiger partial charge on any atom is 0.216 e. The van der Waals surface area contributed by atoms with Crippen molar-refractivity contribution in [3.8, 4) is 0 Å². The number of nitrogens with two attached hydrogens (primary N) is 1. The Kier molecular flexibility index (Phi) is 6.14. The first-order valence-corrected chi connectivity index (χ1v) is 11.7.